The zero-order chi connectivity index (χ0) is 12.6. The number of aliphatic hydroxyl groups excluding tert-OH is 3. The Bertz CT molecular complexity index is 454. The van der Waals surface area contributed by atoms with Gasteiger partial charge in [-0.2, -0.15) is 5.26 Å². The van der Waals surface area contributed by atoms with E-state index in [1.165, 1.54) is 10.9 Å². The SMILES string of the molecule is N#Cc1ncn([C@@H]2O[C@H](CO)[C@@H](O)[C@H]2O)c1N. The molecule has 1 saturated heterocycles. The van der Waals surface area contributed by atoms with E-state index in [1.807, 2.05) is 0 Å². The second-order valence-corrected chi connectivity index (χ2v) is 3.73. The van der Waals surface area contributed by atoms with E-state index in [0.717, 1.165) is 0 Å². The highest BCUT2D eigenvalue weighted by molar-refractivity contribution is 5.44. The molecule has 2 heterocycles. The molecule has 0 saturated carbocycles. The molecule has 17 heavy (non-hydrogen) atoms. The molecule has 1 aliphatic heterocycles. The van der Waals surface area contributed by atoms with Crippen LogP contribution in [0.4, 0.5) is 5.82 Å². The third-order valence-electron chi connectivity index (χ3n) is 2.73. The summed E-state index contributed by atoms with van der Waals surface area (Å²) in [6.07, 6.45) is -3.06. The average molecular weight is 240 g/mol. The van der Waals surface area contributed by atoms with Crippen molar-refractivity contribution in [1.29, 1.82) is 5.26 Å². The molecule has 1 aromatic heterocycles. The molecular formula is C9H12N4O4. The fourth-order valence-electron chi connectivity index (χ4n) is 1.77. The Morgan fingerprint density at radius 3 is 2.71 bits per heavy atom. The fraction of sp³-hybridized carbons (Fsp3) is 0.556. The van der Waals surface area contributed by atoms with E-state index < -0.39 is 31.1 Å². The van der Waals surface area contributed by atoms with Gasteiger partial charge in [0, 0.05) is 0 Å². The maximum Gasteiger partial charge on any atom is 0.182 e. The van der Waals surface area contributed by atoms with Gasteiger partial charge in [-0.15, -0.1) is 0 Å². The van der Waals surface area contributed by atoms with E-state index in [0.29, 0.717) is 0 Å². The van der Waals surface area contributed by atoms with Gasteiger partial charge in [-0.3, -0.25) is 4.57 Å². The molecule has 1 aromatic rings. The van der Waals surface area contributed by atoms with Gasteiger partial charge >= 0.3 is 0 Å². The van der Waals surface area contributed by atoms with Crippen LogP contribution in [0.15, 0.2) is 6.33 Å². The minimum absolute atomic E-state index is 0.0164. The number of aliphatic hydroxyl groups is 3. The van der Waals surface area contributed by atoms with Crippen LogP contribution in [0, 0.1) is 11.3 Å². The Hall–Kier alpha value is -1.66. The Morgan fingerprint density at radius 1 is 1.53 bits per heavy atom. The first-order valence-electron chi connectivity index (χ1n) is 4.95. The maximum atomic E-state index is 9.75. The molecule has 0 radical (unpaired) electrons. The second kappa shape index (κ2) is 4.31. The molecular weight excluding hydrogens is 228 g/mol. The average Bonchev–Trinajstić information content (AvgIpc) is 2.82. The lowest BCUT2D eigenvalue weighted by Gasteiger charge is -2.17. The number of nitriles is 1. The summed E-state index contributed by atoms with van der Waals surface area (Å²) in [6.45, 7) is -0.422. The van der Waals surface area contributed by atoms with Gasteiger partial charge in [0.05, 0.1) is 6.61 Å². The standard InChI is InChI=1S/C9H12N4O4/c10-1-4-8(11)13(3-12-4)9-7(16)6(15)5(2-14)17-9/h3,5-7,9,14-16H,2,11H2/t5-,6-,7-,9-/m1/s1. The Kier molecular flexibility index (Phi) is 2.99. The first-order valence-corrected chi connectivity index (χ1v) is 4.95. The highest BCUT2D eigenvalue weighted by atomic mass is 16.6. The number of anilines is 1. The van der Waals surface area contributed by atoms with Crippen LogP contribution in [0.1, 0.15) is 11.9 Å². The molecule has 0 amide bonds. The molecule has 0 spiro atoms. The van der Waals surface area contributed by atoms with Gasteiger partial charge in [-0.1, -0.05) is 0 Å². The van der Waals surface area contributed by atoms with Crippen LogP contribution in [0.2, 0.25) is 0 Å². The summed E-state index contributed by atoms with van der Waals surface area (Å²) in [5.41, 5.74) is 5.65. The molecule has 1 fully saturated rings. The highest BCUT2D eigenvalue weighted by Gasteiger charge is 2.44. The predicted molar refractivity (Wildman–Crippen MR) is 54.4 cm³/mol. The number of nitrogens with two attached hydrogens (primary N) is 1. The number of rotatable bonds is 2. The lowest BCUT2D eigenvalue weighted by atomic mass is 10.1. The summed E-state index contributed by atoms with van der Waals surface area (Å²) in [6, 6.07) is 1.78. The zero-order valence-corrected chi connectivity index (χ0v) is 8.76. The normalized spacial score (nSPS) is 32.6. The van der Waals surface area contributed by atoms with Crippen molar-refractivity contribution >= 4 is 5.82 Å². The summed E-state index contributed by atoms with van der Waals surface area (Å²) in [5, 5.41) is 36.9. The number of imidazole rings is 1. The summed E-state index contributed by atoms with van der Waals surface area (Å²) in [5.74, 6) is 0.0438. The van der Waals surface area contributed by atoms with Crippen molar-refractivity contribution in [2.45, 2.75) is 24.5 Å². The van der Waals surface area contributed by atoms with Crippen LogP contribution < -0.4 is 5.73 Å². The number of hydrogen-bond acceptors (Lipinski definition) is 7. The van der Waals surface area contributed by atoms with Crippen molar-refractivity contribution in [2.75, 3.05) is 12.3 Å². The minimum atomic E-state index is -1.24. The summed E-state index contributed by atoms with van der Waals surface area (Å²) in [4.78, 5) is 3.73. The van der Waals surface area contributed by atoms with E-state index in [9.17, 15) is 10.2 Å². The van der Waals surface area contributed by atoms with Gasteiger partial charge in [0.2, 0.25) is 0 Å². The van der Waals surface area contributed by atoms with Crippen LogP contribution in [0.3, 0.4) is 0 Å². The molecule has 92 valence electrons. The largest absolute Gasteiger partial charge is 0.394 e. The van der Waals surface area contributed by atoms with E-state index in [1.54, 1.807) is 6.07 Å². The molecule has 2 rings (SSSR count). The van der Waals surface area contributed by atoms with Gasteiger partial charge < -0.3 is 25.8 Å². The van der Waals surface area contributed by atoms with Crippen LogP contribution >= 0.6 is 0 Å². The summed E-state index contributed by atoms with van der Waals surface area (Å²) in [7, 11) is 0. The van der Waals surface area contributed by atoms with Gasteiger partial charge in [-0.25, -0.2) is 4.98 Å². The second-order valence-electron chi connectivity index (χ2n) is 3.73. The van der Waals surface area contributed by atoms with Crippen molar-refractivity contribution in [3.8, 4) is 6.07 Å². The topological polar surface area (TPSA) is 138 Å². The van der Waals surface area contributed by atoms with Crippen molar-refractivity contribution in [3.63, 3.8) is 0 Å². The first kappa shape index (κ1) is 11.8. The zero-order valence-electron chi connectivity index (χ0n) is 8.76. The Morgan fingerprint density at radius 2 is 2.24 bits per heavy atom. The van der Waals surface area contributed by atoms with Crippen molar-refractivity contribution in [2.24, 2.45) is 0 Å². The van der Waals surface area contributed by atoms with Crippen molar-refractivity contribution < 1.29 is 20.1 Å². The summed E-state index contributed by atoms with van der Waals surface area (Å²) >= 11 is 0. The van der Waals surface area contributed by atoms with Gasteiger partial charge in [-0.05, 0) is 0 Å². The Labute approximate surface area is 96.5 Å². The molecule has 4 atom stereocenters. The maximum absolute atomic E-state index is 9.75. The molecule has 1 aliphatic rings. The number of nitrogen functional groups attached to an aromatic ring is 1. The number of hydrogen-bond donors (Lipinski definition) is 4. The molecule has 8 heteroatoms. The van der Waals surface area contributed by atoms with Crippen LogP contribution in [-0.4, -0.2) is 49.8 Å². The summed E-state index contributed by atoms with van der Waals surface area (Å²) < 4.78 is 6.50. The van der Waals surface area contributed by atoms with Crippen LogP contribution in [-0.2, 0) is 4.74 Å². The van der Waals surface area contributed by atoms with E-state index in [2.05, 4.69) is 4.98 Å². The molecule has 0 aliphatic carbocycles. The van der Waals surface area contributed by atoms with E-state index in [-0.39, 0.29) is 11.5 Å². The van der Waals surface area contributed by atoms with Crippen molar-refractivity contribution in [3.05, 3.63) is 12.0 Å². The van der Waals surface area contributed by atoms with Gasteiger partial charge in [0.15, 0.2) is 11.9 Å². The van der Waals surface area contributed by atoms with Crippen molar-refractivity contribution in [1.82, 2.24) is 9.55 Å². The highest BCUT2D eigenvalue weighted by Crippen LogP contribution is 2.31. The van der Waals surface area contributed by atoms with Gasteiger partial charge in [0.1, 0.15) is 36.5 Å². The van der Waals surface area contributed by atoms with E-state index >= 15 is 0 Å². The van der Waals surface area contributed by atoms with Crippen LogP contribution in [0.5, 0.6) is 0 Å². The fourth-order valence-corrected chi connectivity index (χ4v) is 1.77. The van der Waals surface area contributed by atoms with Crippen LogP contribution in [0.25, 0.3) is 0 Å². The minimum Gasteiger partial charge on any atom is -0.394 e. The third-order valence-corrected chi connectivity index (χ3v) is 2.73. The predicted octanol–water partition coefficient (Wildman–Crippen LogP) is -2.05. The lowest BCUT2D eigenvalue weighted by molar-refractivity contribution is -0.0518. The molecule has 0 bridgehead atoms. The quantitative estimate of drug-likeness (QED) is 0.466. The lowest BCUT2D eigenvalue weighted by Crippen LogP contribution is -2.33. The molecule has 5 N–H and O–H groups in total. The Balaban J connectivity index is 2.29. The molecule has 0 aromatic carbocycles. The van der Waals surface area contributed by atoms with Gasteiger partial charge in [0.25, 0.3) is 0 Å². The monoisotopic (exact) mass is 240 g/mol. The third kappa shape index (κ3) is 1.75. The molecule has 0 unspecified atom stereocenters. The first-order chi connectivity index (χ1) is 8.10. The smallest absolute Gasteiger partial charge is 0.182 e. The molecule has 8 nitrogen and oxygen atoms in total. The number of ether oxygens (including phenoxy) is 1. The number of aromatic nitrogens is 2. The number of nitrogens with zero attached hydrogens (tertiary/aromatic N) is 3. The van der Waals surface area contributed by atoms with E-state index in [4.69, 9.17) is 20.8 Å².